The Kier molecular flexibility index (Phi) is 7.20. The summed E-state index contributed by atoms with van der Waals surface area (Å²) in [6.45, 7) is 16.1. The van der Waals surface area contributed by atoms with E-state index in [1.165, 1.54) is 5.01 Å². The molecule has 0 bridgehead atoms. The van der Waals surface area contributed by atoms with E-state index in [0.29, 0.717) is 23.3 Å². The van der Waals surface area contributed by atoms with Crippen LogP contribution in [0.3, 0.4) is 0 Å². The Bertz CT molecular complexity index is 951. The van der Waals surface area contributed by atoms with Crippen LogP contribution in [-0.2, 0) is 0 Å². The summed E-state index contributed by atoms with van der Waals surface area (Å²) in [5.74, 6) is 0.0693. The largest absolute Gasteiger partial charge is 0.496 e. The Hall–Kier alpha value is -2.82. The number of hydrogen-bond donors (Lipinski definition) is 1. The van der Waals surface area contributed by atoms with Crippen LogP contribution in [0, 0.1) is 26.2 Å². The molecule has 0 aliphatic rings. The van der Waals surface area contributed by atoms with Crippen molar-refractivity contribution in [1.82, 2.24) is 10.4 Å². The molecule has 1 N–H and O–H groups in total. The second-order valence-electron chi connectivity index (χ2n) is 10.1. The van der Waals surface area contributed by atoms with E-state index in [9.17, 15) is 9.59 Å². The van der Waals surface area contributed by atoms with E-state index in [-0.39, 0.29) is 17.2 Å². The third kappa shape index (κ3) is 6.09. The quantitative estimate of drug-likeness (QED) is 0.634. The van der Waals surface area contributed by atoms with Crippen LogP contribution in [0.25, 0.3) is 0 Å². The van der Waals surface area contributed by atoms with Crippen LogP contribution in [0.15, 0.2) is 36.4 Å². The predicted octanol–water partition coefficient (Wildman–Crippen LogP) is 5.62. The summed E-state index contributed by atoms with van der Waals surface area (Å²) in [6.07, 6.45) is 0.702. The highest BCUT2D eigenvalue weighted by molar-refractivity contribution is 6.00. The van der Waals surface area contributed by atoms with Gasteiger partial charge < -0.3 is 4.74 Å². The van der Waals surface area contributed by atoms with Crippen molar-refractivity contribution in [3.63, 3.8) is 0 Å². The number of amides is 2. The number of nitrogens with zero attached hydrogens (tertiary/aromatic N) is 1. The lowest BCUT2D eigenvalue weighted by Crippen LogP contribution is -2.58. The fourth-order valence-corrected chi connectivity index (χ4v) is 4.32. The third-order valence-electron chi connectivity index (χ3n) is 5.20. The van der Waals surface area contributed by atoms with Crippen molar-refractivity contribution in [3.05, 3.63) is 64.2 Å². The first-order chi connectivity index (χ1) is 14.2. The number of aryl methyl sites for hydroxylation is 2. The summed E-state index contributed by atoms with van der Waals surface area (Å²) in [5.41, 5.74) is 6.04. The number of benzene rings is 2. The van der Waals surface area contributed by atoms with Gasteiger partial charge in [-0.15, -0.1) is 0 Å². The molecule has 168 valence electrons. The number of ether oxygens (including phenoxy) is 1. The number of nitrogens with one attached hydrogen (secondary N) is 1. The third-order valence-corrected chi connectivity index (χ3v) is 5.20. The van der Waals surface area contributed by atoms with Crippen LogP contribution in [0.4, 0.5) is 0 Å². The minimum absolute atomic E-state index is 0.0405. The second kappa shape index (κ2) is 9.13. The molecule has 0 radical (unpaired) electrons. The van der Waals surface area contributed by atoms with Gasteiger partial charge in [-0.3, -0.25) is 15.0 Å². The SMILES string of the molecule is COc1cccc(C(=O)NN(C(=O)c2cc(C)cc(C)c2)C(C)(C)CC(C)(C)C)c1C. The van der Waals surface area contributed by atoms with Gasteiger partial charge in [0.05, 0.1) is 12.6 Å². The molecule has 0 spiro atoms. The van der Waals surface area contributed by atoms with E-state index in [2.05, 4.69) is 26.2 Å². The molecule has 31 heavy (non-hydrogen) atoms. The molecule has 0 heterocycles. The van der Waals surface area contributed by atoms with Crippen molar-refractivity contribution < 1.29 is 14.3 Å². The first kappa shape index (κ1) is 24.4. The van der Waals surface area contributed by atoms with Crippen molar-refractivity contribution in [3.8, 4) is 5.75 Å². The summed E-state index contributed by atoms with van der Waals surface area (Å²) in [5, 5.41) is 1.49. The summed E-state index contributed by atoms with van der Waals surface area (Å²) in [6, 6.07) is 11.1. The van der Waals surface area contributed by atoms with Crippen LogP contribution in [-0.4, -0.2) is 29.5 Å². The minimum atomic E-state index is -0.616. The smallest absolute Gasteiger partial charge is 0.272 e. The molecule has 0 aliphatic carbocycles. The molecule has 2 rings (SSSR count). The van der Waals surface area contributed by atoms with E-state index >= 15 is 0 Å². The van der Waals surface area contributed by atoms with Crippen molar-refractivity contribution in [2.75, 3.05) is 7.11 Å². The van der Waals surface area contributed by atoms with Gasteiger partial charge in [-0.25, -0.2) is 5.01 Å². The number of rotatable bonds is 5. The summed E-state index contributed by atoms with van der Waals surface area (Å²) < 4.78 is 5.36. The fraction of sp³-hybridized carbons (Fsp3) is 0.462. The normalized spacial score (nSPS) is 11.8. The minimum Gasteiger partial charge on any atom is -0.496 e. The number of carbonyl (C=O) groups is 2. The molecule has 0 aliphatic heterocycles. The van der Waals surface area contributed by atoms with Crippen molar-refractivity contribution in [2.45, 2.75) is 67.3 Å². The summed E-state index contributed by atoms with van der Waals surface area (Å²) in [7, 11) is 1.58. The maximum absolute atomic E-state index is 13.6. The number of methoxy groups -OCH3 is 1. The maximum atomic E-state index is 13.6. The molecule has 2 aromatic rings. The van der Waals surface area contributed by atoms with E-state index in [4.69, 9.17) is 4.74 Å². The van der Waals surface area contributed by atoms with Crippen LogP contribution < -0.4 is 10.2 Å². The van der Waals surface area contributed by atoms with Crippen molar-refractivity contribution >= 4 is 11.8 Å². The molecule has 0 aromatic heterocycles. The van der Waals surface area contributed by atoms with Crippen LogP contribution in [0.5, 0.6) is 5.75 Å². The van der Waals surface area contributed by atoms with Crippen LogP contribution >= 0.6 is 0 Å². The van der Waals surface area contributed by atoms with E-state index in [1.807, 2.05) is 58.9 Å². The van der Waals surface area contributed by atoms with E-state index < -0.39 is 5.54 Å². The average molecular weight is 425 g/mol. The standard InChI is InChI=1S/C26H36N2O3/c1-17-13-18(2)15-20(14-17)24(30)28(26(7,8)16-25(4,5)6)27-23(29)21-11-10-12-22(31-9)19(21)3/h10-15H,16H2,1-9H3,(H,27,29). The first-order valence-corrected chi connectivity index (χ1v) is 10.6. The van der Waals surface area contributed by atoms with Crippen molar-refractivity contribution in [2.24, 2.45) is 5.41 Å². The lowest BCUT2D eigenvalue weighted by atomic mass is 9.81. The molecule has 0 atom stereocenters. The van der Waals surface area contributed by atoms with Gasteiger partial charge in [0.25, 0.3) is 11.8 Å². The molecule has 5 nitrogen and oxygen atoms in total. The molecular formula is C26H36N2O3. The van der Waals surface area contributed by atoms with Gasteiger partial charge in [0.1, 0.15) is 5.75 Å². The van der Waals surface area contributed by atoms with Gasteiger partial charge in [-0.05, 0) is 70.7 Å². The van der Waals surface area contributed by atoms with Gasteiger partial charge in [-0.2, -0.15) is 0 Å². The average Bonchev–Trinajstić information content (AvgIpc) is 2.62. The van der Waals surface area contributed by atoms with Gasteiger partial charge >= 0.3 is 0 Å². The number of hydrazine groups is 1. The number of hydrogen-bond acceptors (Lipinski definition) is 3. The Labute approximate surface area is 186 Å². The highest BCUT2D eigenvalue weighted by atomic mass is 16.5. The lowest BCUT2D eigenvalue weighted by molar-refractivity contribution is 0.0207. The Morgan fingerprint density at radius 3 is 2.06 bits per heavy atom. The Morgan fingerprint density at radius 2 is 1.55 bits per heavy atom. The zero-order chi connectivity index (χ0) is 23.6. The highest BCUT2D eigenvalue weighted by Crippen LogP contribution is 2.32. The zero-order valence-corrected chi connectivity index (χ0v) is 20.3. The first-order valence-electron chi connectivity index (χ1n) is 10.6. The van der Waals surface area contributed by atoms with Gasteiger partial charge in [0.15, 0.2) is 0 Å². The highest BCUT2D eigenvalue weighted by Gasteiger charge is 2.37. The second-order valence-corrected chi connectivity index (χ2v) is 10.1. The van der Waals surface area contributed by atoms with Crippen LogP contribution in [0.2, 0.25) is 0 Å². The molecule has 0 saturated carbocycles. The topological polar surface area (TPSA) is 58.6 Å². The predicted molar refractivity (Wildman–Crippen MR) is 125 cm³/mol. The fourth-order valence-electron chi connectivity index (χ4n) is 4.32. The molecule has 0 fully saturated rings. The molecule has 5 heteroatoms. The molecule has 2 amide bonds. The van der Waals surface area contributed by atoms with E-state index in [1.54, 1.807) is 19.2 Å². The monoisotopic (exact) mass is 424 g/mol. The Morgan fingerprint density at radius 1 is 0.968 bits per heavy atom. The number of carbonyl (C=O) groups excluding carboxylic acids is 2. The zero-order valence-electron chi connectivity index (χ0n) is 20.3. The van der Waals surface area contributed by atoms with E-state index in [0.717, 1.165) is 16.7 Å². The molecule has 0 unspecified atom stereocenters. The Balaban J connectivity index is 2.49. The lowest BCUT2D eigenvalue weighted by Gasteiger charge is -2.42. The molecule has 2 aromatic carbocycles. The summed E-state index contributed by atoms with van der Waals surface area (Å²) in [4.78, 5) is 26.9. The van der Waals surface area contributed by atoms with Crippen LogP contribution in [0.1, 0.15) is 78.4 Å². The van der Waals surface area contributed by atoms with Crippen molar-refractivity contribution in [1.29, 1.82) is 0 Å². The van der Waals surface area contributed by atoms with Gasteiger partial charge in [0.2, 0.25) is 0 Å². The molecule has 0 saturated heterocycles. The van der Waals surface area contributed by atoms with Gasteiger partial charge in [0, 0.05) is 16.7 Å². The summed E-state index contributed by atoms with van der Waals surface area (Å²) >= 11 is 0. The van der Waals surface area contributed by atoms with Gasteiger partial charge in [-0.1, -0.05) is 44.0 Å². The molecular weight excluding hydrogens is 388 g/mol. The maximum Gasteiger partial charge on any atom is 0.272 e.